The summed E-state index contributed by atoms with van der Waals surface area (Å²) < 4.78 is 27.4. The van der Waals surface area contributed by atoms with Gasteiger partial charge in [-0.05, 0) is 56.7 Å². The summed E-state index contributed by atoms with van der Waals surface area (Å²) in [6.45, 7) is 8.92. The van der Waals surface area contributed by atoms with Gasteiger partial charge in [-0.15, -0.1) is 0 Å². The molecule has 0 fully saturated rings. The first kappa shape index (κ1) is 21.5. The molecule has 0 saturated carbocycles. The molecule has 1 aliphatic heterocycles. The molecule has 0 N–H and O–H groups in total. The molecule has 0 aromatic heterocycles. The number of carbonyl (C=O) groups is 2. The van der Waals surface area contributed by atoms with Crippen LogP contribution in [0.15, 0.2) is 42.5 Å². The summed E-state index contributed by atoms with van der Waals surface area (Å²) in [4.78, 5) is 24.2. The zero-order chi connectivity index (χ0) is 21.9. The zero-order valence-corrected chi connectivity index (χ0v) is 17.8. The Morgan fingerprint density at radius 1 is 0.900 bits per heavy atom. The van der Waals surface area contributed by atoms with Crippen LogP contribution in [0.25, 0.3) is 0 Å². The first-order chi connectivity index (χ1) is 14.1. The predicted octanol–water partition coefficient (Wildman–Crippen LogP) is 4.52. The molecule has 7 heteroatoms. The summed E-state index contributed by atoms with van der Waals surface area (Å²) in [5, 5.41) is 0. The Bertz CT molecular complexity index is 929. The van der Waals surface area contributed by atoms with Crippen LogP contribution in [-0.4, -0.2) is 24.3 Å². The standard InChI is InChI=1S/C23H26O7/c1-6-22(2,3)21(25)28-16-9-7-15(8-10-16)27-20(24)14-26-17-11-12-18-19(13-17)30-23(4,5)29-18/h7-13H,6,14H2,1-5H3. The van der Waals surface area contributed by atoms with Crippen LogP contribution >= 0.6 is 0 Å². The monoisotopic (exact) mass is 414 g/mol. The second kappa shape index (κ2) is 8.26. The lowest BCUT2D eigenvalue weighted by Gasteiger charge is -2.20. The second-order valence-electron chi connectivity index (χ2n) is 8.07. The summed E-state index contributed by atoms with van der Waals surface area (Å²) in [6, 6.07) is 11.4. The van der Waals surface area contributed by atoms with E-state index in [0.717, 1.165) is 0 Å². The van der Waals surface area contributed by atoms with Crippen molar-refractivity contribution in [2.24, 2.45) is 5.41 Å². The maximum atomic E-state index is 12.1. The van der Waals surface area contributed by atoms with Gasteiger partial charge < -0.3 is 23.7 Å². The Morgan fingerprint density at radius 2 is 1.47 bits per heavy atom. The van der Waals surface area contributed by atoms with Crippen LogP contribution in [0.5, 0.6) is 28.7 Å². The van der Waals surface area contributed by atoms with Gasteiger partial charge in [0.05, 0.1) is 5.41 Å². The van der Waals surface area contributed by atoms with Crippen molar-refractivity contribution in [3.05, 3.63) is 42.5 Å². The van der Waals surface area contributed by atoms with E-state index in [2.05, 4.69) is 0 Å². The van der Waals surface area contributed by atoms with E-state index in [-0.39, 0.29) is 12.6 Å². The number of benzene rings is 2. The van der Waals surface area contributed by atoms with Crippen molar-refractivity contribution in [1.29, 1.82) is 0 Å². The molecule has 160 valence electrons. The lowest BCUT2D eigenvalue weighted by Crippen LogP contribution is -2.29. The number of rotatable bonds is 7. The fraction of sp³-hybridized carbons (Fsp3) is 0.391. The second-order valence-corrected chi connectivity index (χ2v) is 8.07. The maximum absolute atomic E-state index is 12.1. The van der Waals surface area contributed by atoms with Crippen molar-refractivity contribution in [2.45, 2.75) is 46.8 Å². The summed E-state index contributed by atoms with van der Waals surface area (Å²) in [6.07, 6.45) is 0.669. The number of fused-ring (bicyclic) bond motifs is 1. The zero-order valence-electron chi connectivity index (χ0n) is 17.8. The van der Waals surface area contributed by atoms with Crippen molar-refractivity contribution in [3.8, 4) is 28.7 Å². The van der Waals surface area contributed by atoms with Gasteiger partial charge in [0.15, 0.2) is 18.1 Å². The van der Waals surface area contributed by atoms with Crippen molar-refractivity contribution in [2.75, 3.05) is 6.61 Å². The SMILES string of the molecule is CCC(C)(C)C(=O)Oc1ccc(OC(=O)COc2ccc3c(c2)OC(C)(C)O3)cc1. The average Bonchev–Trinajstić information content (AvgIpc) is 3.00. The third kappa shape index (κ3) is 5.23. The molecule has 0 unspecified atom stereocenters. The maximum Gasteiger partial charge on any atom is 0.349 e. The topological polar surface area (TPSA) is 80.3 Å². The third-order valence-corrected chi connectivity index (χ3v) is 4.69. The van der Waals surface area contributed by atoms with Crippen LogP contribution in [0, 0.1) is 5.41 Å². The highest BCUT2D eigenvalue weighted by atomic mass is 16.7. The fourth-order valence-corrected chi connectivity index (χ4v) is 2.56. The van der Waals surface area contributed by atoms with E-state index in [1.165, 1.54) is 0 Å². The van der Waals surface area contributed by atoms with Gasteiger partial charge in [0.25, 0.3) is 0 Å². The van der Waals surface area contributed by atoms with Crippen LogP contribution < -0.4 is 23.7 Å². The van der Waals surface area contributed by atoms with E-state index in [0.29, 0.717) is 35.2 Å². The Hall–Kier alpha value is -3.22. The van der Waals surface area contributed by atoms with Gasteiger partial charge >= 0.3 is 11.9 Å². The molecule has 2 aromatic carbocycles. The quantitative estimate of drug-likeness (QED) is 0.487. The van der Waals surface area contributed by atoms with Gasteiger partial charge in [0, 0.05) is 19.9 Å². The number of hydrogen-bond donors (Lipinski definition) is 0. The molecule has 0 radical (unpaired) electrons. The van der Waals surface area contributed by atoms with E-state index in [9.17, 15) is 9.59 Å². The Balaban J connectivity index is 1.50. The minimum atomic E-state index is -0.729. The normalized spacial score (nSPS) is 14.2. The van der Waals surface area contributed by atoms with Crippen LogP contribution in [0.2, 0.25) is 0 Å². The minimum absolute atomic E-state index is 0.273. The lowest BCUT2D eigenvalue weighted by atomic mass is 9.91. The fourth-order valence-electron chi connectivity index (χ4n) is 2.56. The van der Waals surface area contributed by atoms with Crippen molar-refractivity contribution >= 4 is 11.9 Å². The molecule has 30 heavy (non-hydrogen) atoms. The van der Waals surface area contributed by atoms with E-state index in [4.69, 9.17) is 23.7 Å². The Morgan fingerprint density at radius 3 is 2.10 bits per heavy atom. The largest absolute Gasteiger partial charge is 0.482 e. The van der Waals surface area contributed by atoms with Gasteiger partial charge in [-0.2, -0.15) is 0 Å². The number of carbonyl (C=O) groups excluding carboxylic acids is 2. The number of hydrogen-bond acceptors (Lipinski definition) is 7. The third-order valence-electron chi connectivity index (χ3n) is 4.69. The van der Waals surface area contributed by atoms with E-state index >= 15 is 0 Å². The van der Waals surface area contributed by atoms with E-state index < -0.39 is 17.2 Å². The van der Waals surface area contributed by atoms with Crippen LogP contribution in [-0.2, 0) is 9.59 Å². The summed E-state index contributed by atoms with van der Waals surface area (Å²) in [7, 11) is 0. The smallest absolute Gasteiger partial charge is 0.349 e. The molecule has 3 rings (SSSR count). The summed E-state index contributed by atoms with van der Waals surface area (Å²) in [5.41, 5.74) is -0.563. The highest BCUT2D eigenvalue weighted by molar-refractivity contribution is 5.78. The van der Waals surface area contributed by atoms with E-state index in [1.807, 2.05) is 34.6 Å². The van der Waals surface area contributed by atoms with Crippen molar-refractivity contribution < 1.29 is 33.3 Å². The number of esters is 2. The van der Waals surface area contributed by atoms with Gasteiger partial charge in [0.2, 0.25) is 5.79 Å². The molecule has 0 spiro atoms. The average molecular weight is 414 g/mol. The molecule has 0 atom stereocenters. The molecule has 0 bridgehead atoms. The van der Waals surface area contributed by atoms with Crippen LogP contribution in [0.3, 0.4) is 0 Å². The molecular weight excluding hydrogens is 388 g/mol. The Kier molecular flexibility index (Phi) is 5.92. The molecule has 0 aliphatic carbocycles. The molecule has 2 aromatic rings. The highest BCUT2D eigenvalue weighted by Gasteiger charge is 2.32. The predicted molar refractivity (Wildman–Crippen MR) is 109 cm³/mol. The molecular formula is C23H26O7. The first-order valence-corrected chi connectivity index (χ1v) is 9.76. The number of ether oxygens (including phenoxy) is 5. The lowest BCUT2D eigenvalue weighted by molar-refractivity contribution is -0.144. The molecule has 0 saturated heterocycles. The van der Waals surface area contributed by atoms with Crippen molar-refractivity contribution in [1.82, 2.24) is 0 Å². The van der Waals surface area contributed by atoms with Gasteiger partial charge in [0.1, 0.15) is 17.2 Å². The van der Waals surface area contributed by atoms with Crippen molar-refractivity contribution in [3.63, 3.8) is 0 Å². The van der Waals surface area contributed by atoms with E-state index in [1.54, 1.807) is 42.5 Å². The molecule has 7 nitrogen and oxygen atoms in total. The molecule has 1 aliphatic rings. The minimum Gasteiger partial charge on any atom is -0.482 e. The summed E-state index contributed by atoms with van der Waals surface area (Å²) >= 11 is 0. The first-order valence-electron chi connectivity index (χ1n) is 9.76. The summed E-state index contributed by atoms with van der Waals surface area (Å²) in [5.74, 6) is 0.756. The van der Waals surface area contributed by atoms with Gasteiger partial charge in [-0.25, -0.2) is 4.79 Å². The van der Waals surface area contributed by atoms with Gasteiger partial charge in [-0.1, -0.05) is 6.92 Å². The van der Waals surface area contributed by atoms with Gasteiger partial charge in [-0.3, -0.25) is 4.79 Å². The van der Waals surface area contributed by atoms with Crippen LogP contribution in [0.4, 0.5) is 0 Å². The highest BCUT2D eigenvalue weighted by Crippen LogP contribution is 2.41. The Labute approximate surface area is 175 Å². The molecule has 1 heterocycles. The van der Waals surface area contributed by atoms with Crippen LogP contribution in [0.1, 0.15) is 41.0 Å². The molecule has 0 amide bonds.